The van der Waals surface area contributed by atoms with Crippen molar-refractivity contribution >= 4 is 12.6 Å². The predicted molar refractivity (Wildman–Crippen MR) is 70.9 cm³/mol. The summed E-state index contributed by atoms with van der Waals surface area (Å²) in [7, 11) is 0. The highest BCUT2D eigenvalue weighted by Crippen LogP contribution is 2.21. The van der Waals surface area contributed by atoms with Gasteiger partial charge in [0.2, 0.25) is 0 Å². The van der Waals surface area contributed by atoms with Gasteiger partial charge >= 0.3 is 0 Å². The Morgan fingerprint density at radius 2 is 2.00 bits per heavy atom. The molecule has 16 heavy (non-hydrogen) atoms. The minimum absolute atomic E-state index is 0.915. The second-order valence-corrected chi connectivity index (χ2v) is 4.26. The van der Waals surface area contributed by atoms with E-state index in [0.717, 1.165) is 24.4 Å². The van der Waals surface area contributed by atoms with E-state index in [0.29, 0.717) is 0 Å². The Kier molecular flexibility index (Phi) is 3.67. The largest absolute Gasteiger partial charge is 0.334 e. The average molecular weight is 232 g/mol. The summed E-state index contributed by atoms with van der Waals surface area (Å²) in [6.07, 6.45) is 3.00. The summed E-state index contributed by atoms with van der Waals surface area (Å²) in [5.41, 5.74) is 3.50. The average Bonchev–Trinajstić information content (AvgIpc) is 2.69. The lowest BCUT2D eigenvalue weighted by Gasteiger charge is -2.04. The van der Waals surface area contributed by atoms with Crippen LogP contribution in [0.5, 0.6) is 0 Å². The van der Waals surface area contributed by atoms with E-state index in [4.69, 9.17) is 0 Å². The van der Waals surface area contributed by atoms with Crippen LogP contribution >= 0.6 is 12.6 Å². The fourth-order valence-electron chi connectivity index (χ4n) is 1.79. The summed E-state index contributed by atoms with van der Waals surface area (Å²) in [5, 5.41) is 0. The third-order valence-corrected chi connectivity index (χ3v) is 3.02. The Labute approximate surface area is 102 Å². The third kappa shape index (κ3) is 2.30. The quantitative estimate of drug-likeness (QED) is 0.802. The predicted octanol–water partition coefficient (Wildman–Crippen LogP) is 3.18. The molecule has 0 N–H and O–H groups in total. The Morgan fingerprint density at radius 3 is 2.69 bits per heavy atom. The van der Waals surface area contributed by atoms with Crippen LogP contribution in [0.15, 0.2) is 36.7 Å². The van der Waals surface area contributed by atoms with Crippen molar-refractivity contribution in [1.29, 1.82) is 0 Å². The molecular formula is C13H16N2S. The maximum atomic E-state index is 4.48. The second-order valence-electron chi connectivity index (χ2n) is 3.82. The van der Waals surface area contributed by atoms with Crippen LogP contribution in [0.4, 0.5) is 0 Å². The Bertz CT molecular complexity index is 448. The molecule has 1 aromatic heterocycles. The van der Waals surface area contributed by atoms with Crippen molar-refractivity contribution in [2.75, 3.05) is 5.75 Å². The second kappa shape index (κ2) is 5.21. The third-order valence-electron chi connectivity index (χ3n) is 2.70. The molecule has 0 radical (unpaired) electrons. The summed E-state index contributed by atoms with van der Waals surface area (Å²) in [6, 6.07) is 10.3. The summed E-state index contributed by atoms with van der Waals surface area (Å²) in [4.78, 5) is 4.48. The summed E-state index contributed by atoms with van der Waals surface area (Å²) < 4.78 is 2.19. The van der Waals surface area contributed by atoms with Gasteiger partial charge in [0.1, 0.15) is 0 Å². The molecular weight excluding hydrogens is 216 g/mol. The van der Waals surface area contributed by atoms with E-state index in [1.54, 1.807) is 0 Å². The maximum absolute atomic E-state index is 4.48. The van der Waals surface area contributed by atoms with Gasteiger partial charge in [-0.15, -0.1) is 0 Å². The highest BCUT2D eigenvalue weighted by molar-refractivity contribution is 7.80. The molecule has 0 aliphatic heterocycles. The zero-order valence-electron chi connectivity index (χ0n) is 9.43. The fraction of sp³-hybridized carbons (Fsp3) is 0.308. The summed E-state index contributed by atoms with van der Waals surface area (Å²) in [6.45, 7) is 3.11. The number of hydrogen-bond donors (Lipinski definition) is 1. The zero-order valence-corrected chi connectivity index (χ0v) is 10.3. The van der Waals surface area contributed by atoms with E-state index in [-0.39, 0.29) is 0 Å². The Balaban J connectivity index is 2.27. The van der Waals surface area contributed by atoms with Crippen molar-refractivity contribution in [3.63, 3.8) is 0 Å². The first-order chi connectivity index (χ1) is 7.83. The van der Waals surface area contributed by atoms with Crippen LogP contribution in [0.2, 0.25) is 0 Å². The zero-order chi connectivity index (χ0) is 11.4. The van der Waals surface area contributed by atoms with E-state index < -0.39 is 0 Å². The molecule has 1 heterocycles. The lowest BCUT2D eigenvalue weighted by molar-refractivity contribution is 0.667. The number of thiol groups is 1. The van der Waals surface area contributed by atoms with Gasteiger partial charge in [0.05, 0.1) is 12.0 Å². The van der Waals surface area contributed by atoms with Gasteiger partial charge in [0, 0.05) is 17.8 Å². The fourth-order valence-corrected chi connectivity index (χ4v) is 1.93. The molecule has 0 aliphatic carbocycles. The van der Waals surface area contributed by atoms with Crippen molar-refractivity contribution in [3.8, 4) is 11.3 Å². The first kappa shape index (κ1) is 11.3. The highest BCUT2D eigenvalue weighted by Gasteiger charge is 2.07. The van der Waals surface area contributed by atoms with Gasteiger partial charge in [-0.25, -0.2) is 4.98 Å². The lowest BCUT2D eigenvalue weighted by atomic mass is 10.1. The molecule has 0 atom stereocenters. The maximum Gasteiger partial charge on any atom is 0.0955 e. The van der Waals surface area contributed by atoms with Gasteiger partial charge in [-0.05, 0) is 19.1 Å². The molecule has 0 aliphatic rings. The lowest BCUT2D eigenvalue weighted by Crippen LogP contribution is -1.99. The number of nitrogens with zero attached hydrogens (tertiary/aromatic N) is 2. The van der Waals surface area contributed by atoms with Crippen molar-refractivity contribution in [3.05, 3.63) is 42.4 Å². The van der Waals surface area contributed by atoms with Gasteiger partial charge in [0.25, 0.3) is 0 Å². The monoisotopic (exact) mass is 232 g/mol. The first-order valence-electron chi connectivity index (χ1n) is 5.51. The molecule has 1 aromatic carbocycles. The first-order valence-corrected chi connectivity index (χ1v) is 6.14. The molecule has 0 spiro atoms. The molecule has 0 saturated carbocycles. The minimum Gasteiger partial charge on any atom is -0.334 e. The molecule has 0 unspecified atom stereocenters. The van der Waals surface area contributed by atoms with Crippen molar-refractivity contribution < 1.29 is 0 Å². The van der Waals surface area contributed by atoms with Gasteiger partial charge < -0.3 is 4.57 Å². The van der Waals surface area contributed by atoms with E-state index in [1.807, 2.05) is 24.5 Å². The van der Waals surface area contributed by atoms with Crippen LogP contribution in [0.3, 0.4) is 0 Å². The van der Waals surface area contributed by atoms with Crippen LogP contribution < -0.4 is 0 Å². The smallest absolute Gasteiger partial charge is 0.0955 e. The van der Waals surface area contributed by atoms with Crippen molar-refractivity contribution in [2.24, 2.45) is 0 Å². The number of hydrogen-bond acceptors (Lipinski definition) is 2. The molecule has 0 saturated heterocycles. The van der Waals surface area contributed by atoms with Crippen LogP contribution in [0.1, 0.15) is 12.1 Å². The number of rotatable bonds is 4. The number of benzene rings is 1. The number of aryl methyl sites for hydroxylation is 1. The van der Waals surface area contributed by atoms with Crippen LogP contribution in [-0.4, -0.2) is 15.3 Å². The van der Waals surface area contributed by atoms with E-state index in [1.165, 1.54) is 11.3 Å². The molecule has 2 rings (SSSR count). The minimum atomic E-state index is 0.915. The molecule has 2 nitrogen and oxygen atoms in total. The van der Waals surface area contributed by atoms with Crippen molar-refractivity contribution in [1.82, 2.24) is 9.55 Å². The van der Waals surface area contributed by atoms with E-state index in [2.05, 4.69) is 41.2 Å². The SMILES string of the molecule is Cc1c(-c2ccccc2)ncn1CCCS. The normalized spacial score (nSPS) is 10.6. The Hall–Kier alpha value is -1.22. The van der Waals surface area contributed by atoms with Gasteiger partial charge in [-0.3, -0.25) is 0 Å². The van der Waals surface area contributed by atoms with Crippen LogP contribution in [0.25, 0.3) is 11.3 Å². The van der Waals surface area contributed by atoms with Gasteiger partial charge in [0.15, 0.2) is 0 Å². The number of aromatic nitrogens is 2. The Morgan fingerprint density at radius 1 is 1.25 bits per heavy atom. The standard InChI is InChI=1S/C13H16N2S/c1-11-13(12-6-3-2-4-7-12)14-10-15(11)8-5-9-16/h2-4,6-7,10,16H,5,8-9H2,1H3. The summed E-state index contributed by atoms with van der Waals surface area (Å²) in [5.74, 6) is 0.915. The van der Waals surface area contributed by atoms with Crippen molar-refractivity contribution in [2.45, 2.75) is 19.9 Å². The van der Waals surface area contributed by atoms with Gasteiger partial charge in [-0.1, -0.05) is 30.3 Å². The van der Waals surface area contributed by atoms with Gasteiger partial charge in [-0.2, -0.15) is 12.6 Å². The molecule has 0 bridgehead atoms. The van der Waals surface area contributed by atoms with E-state index in [9.17, 15) is 0 Å². The highest BCUT2D eigenvalue weighted by atomic mass is 32.1. The molecule has 2 aromatic rings. The van der Waals surface area contributed by atoms with Crippen LogP contribution in [-0.2, 0) is 6.54 Å². The molecule has 0 fully saturated rings. The molecule has 84 valence electrons. The molecule has 3 heteroatoms. The number of imidazole rings is 1. The van der Waals surface area contributed by atoms with E-state index >= 15 is 0 Å². The summed E-state index contributed by atoms with van der Waals surface area (Å²) >= 11 is 4.23. The van der Waals surface area contributed by atoms with Crippen LogP contribution in [0, 0.1) is 6.92 Å². The molecule has 0 amide bonds. The topological polar surface area (TPSA) is 17.8 Å².